The molecular weight excluding hydrogens is 174 g/mol. The zero-order valence-electron chi connectivity index (χ0n) is 9.62. The van der Waals surface area contributed by atoms with Gasteiger partial charge in [0, 0.05) is 12.2 Å². The monoisotopic (exact) mass is 195 g/mol. The summed E-state index contributed by atoms with van der Waals surface area (Å²) in [7, 11) is 0. The summed E-state index contributed by atoms with van der Waals surface area (Å²) in [5.74, 6) is 0. The fraction of sp³-hybridized carbons (Fsp3) is 0.727. The van der Waals surface area contributed by atoms with Crippen LogP contribution in [0.5, 0.6) is 0 Å². The highest BCUT2D eigenvalue weighted by molar-refractivity contribution is 5.11. The van der Waals surface area contributed by atoms with E-state index in [2.05, 4.69) is 23.4 Å². The van der Waals surface area contributed by atoms with Gasteiger partial charge in [0.2, 0.25) is 0 Å². The Morgan fingerprint density at radius 3 is 2.43 bits per heavy atom. The summed E-state index contributed by atoms with van der Waals surface area (Å²) in [6, 6.07) is 0.523. The maximum Gasteiger partial charge on any atom is 0.0951 e. The predicted molar refractivity (Wildman–Crippen MR) is 59.1 cm³/mol. The molecule has 0 bridgehead atoms. The molecule has 0 aromatic carbocycles. The molecule has 0 saturated heterocycles. The van der Waals surface area contributed by atoms with E-state index in [0.717, 1.165) is 18.5 Å². The van der Waals surface area contributed by atoms with Gasteiger partial charge in [-0.2, -0.15) is 0 Å². The molecule has 0 aliphatic heterocycles. The van der Waals surface area contributed by atoms with E-state index in [1.54, 1.807) is 0 Å². The highest BCUT2D eigenvalue weighted by Crippen LogP contribution is 2.23. The van der Waals surface area contributed by atoms with Gasteiger partial charge < -0.3 is 10.3 Å². The summed E-state index contributed by atoms with van der Waals surface area (Å²) >= 11 is 0. The van der Waals surface area contributed by atoms with E-state index < -0.39 is 0 Å². The second-order valence-corrected chi connectivity index (χ2v) is 4.38. The molecular formula is C11H21N3. The van der Waals surface area contributed by atoms with Crippen LogP contribution in [0.25, 0.3) is 0 Å². The second-order valence-electron chi connectivity index (χ2n) is 4.38. The topological polar surface area (TPSA) is 43.8 Å². The lowest BCUT2D eigenvalue weighted by Crippen LogP contribution is -2.32. The van der Waals surface area contributed by atoms with Gasteiger partial charge >= 0.3 is 0 Å². The first-order valence-corrected chi connectivity index (χ1v) is 5.31. The van der Waals surface area contributed by atoms with E-state index in [9.17, 15) is 0 Å². The van der Waals surface area contributed by atoms with Gasteiger partial charge in [0.15, 0.2) is 0 Å². The largest absolute Gasteiger partial charge is 0.330 e. The van der Waals surface area contributed by atoms with Crippen LogP contribution in [-0.2, 0) is 5.54 Å². The molecule has 1 rings (SSSR count). The highest BCUT2D eigenvalue weighted by Gasteiger charge is 2.21. The lowest BCUT2D eigenvalue weighted by atomic mass is 10.0. The van der Waals surface area contributed by atoms with Crippen LogP contribution >= 0.6 is 0 Å². The van der Waals surface area contributed by atoms with Crippen LogP contribution in [0.15, 0.2) is 12.5 Å². The zero-order chi connectivity index (χ0) is 10.8. The van der Waals surface area contributed by atoms with Gasteiger partial charge in [0.25, 0.3) is 0 Å². The molecule has 3 heteroatoms. The maximum absolute atomic E-state index is 6.09. The van der Waals surface area contributed by atoms with Crippen LogP contribution in [-0.4, -0.2) is 9.55 Å². The number of imidazole rings is 1. The van der Waals surface area contributed by atoms with Crippen molar-refractivity contribution in [2.24, 2.45) is 5.73 Å². The SMILES string of the molecule is CCC(CC)n1cncc1C(C)(C)N. The summed E-state index contributed by atoms with van der Waals surface area (Å²) in [4.78, 5) is 4.19. The Kier molecular flexibility index (Phi) is 3.32. The third kappa shape index (κ3) is 2.15. The van der Waals surface area contributed by atoms with E-state index in [1.165, 1.54) is 0 Å². The van der Waals surface area contributed by atoms with Crippen molar-refractivity contribution in [2.75, 3.05) is 0 Å². The molecule has 0 aliphatic rings. The number of rotatable bonds is 4. The van der Waals surface area contributed by atoms with Gasteiger partial charge in [-0.25, -0.2) is 4.98 Å². The van der Waals surface area contributed by atoms with Crippen LogP contribution in [0.3, 0.4) is 0 Å². The molecule has 14 heavy (non-hydrogen) atoms. The third-order valence-corrected chi connectivity index (χ3v) is 2.66. The van der Waals surface area contributed by atoms with Crippen molar-refractivity contribution >= 4 is 0 Å². The number of hydrogen-bond donors (Lipinski definition) is 1. The molecule has 0 aliphatic carbocycles. The fourth-order valence-corrected chi connectivity index (χ4v) is 1.78. The number of nitrogens with two attached hydrogens (primary N) is 1. The quantitative estimate of drug-likeness (QED) is 0.802. The number of hydrogen-bond acceptors (Lipinski definition) is 2. The van der Waals surface area contributed by atoms with Gasteiger partial charge in [0.1, 0.15) is 0 Å². The molecule has 0 saturated carbocycles. The molecule has 3 nitrogen and oxygen atoms in total. The van der Waals surface area contributed by atoms with Crippen molar-refractivity contribution in [3.8, 4) is 0 Å². The minimum Gasteiger partial charge on any atom is -0.330 e. The van der Waals surface area contributed by atoms with E-state index in [4.69, 9.17) is 5.73 Å². The van der Waals surface area contributed by atoms with Crippen molar-refractivity contribution in [1.82, 2.24) is 9.55 Å². The van der Waals surface area contributed by atoms with E-state index in [-0.39, 0.29) is 5.54 Å². The van der Waals surface area contributed by atoms with Gasteiger partial charge in [-0.15, -0.1) is 0 Å². The van der Waals surface area contributed by atoms with Crippen LogP contribution < -0.4 is 5.73 Å². The van der Waals surface area contributed by atoms with Gasteiger partial charge in [0.05, 0.1) is 17.6 Å². The molecule has 80 valence electrons. The van der Waals surface area contributed by atoms with Crippen LogP contribution in [0.2, 0.25) is 0 Å². The normalized spacial score (nSPS) is 12.4. The minimum atomic E-state index is -0.306. The van der Waals surface area contributed by atoms with Crippen LogP contribution in [0, 0.1) is 0 Å². The highest BCUT2D eigenvalue weighted by atomic mass is 15.1. The summed E-state index contributed by atoms with van der Waals surface area (Å²) in [5, 5.41) is 0. The summed E-state index contributed by atoms with van der Waals surface area (Å²) in [6.45, 7) is 8.43. The third-order valence-electron chi connectivity index (χ3n) is 2.66. The Balaban J connectivity index is 3.03. The Hall–Kier alpha value is -0.830. The number of nitrogens with zero attached hydrogens (tertiary/aromatic N) is 2. The summed E-state index contributed by atoms with van der Waals surface area (Å²) in [6.07, 6.45) is 6.01. The first-order valence-electron chi connectivity index (χ1n) is 5.31. The first-order chi connectivity index (χ1) is 6.50. The van der Waals surface area contributed by atoms with E-state index in [0.29, 0.717) is 6.04 Å². The molecule has 0 fully saturated rings. The molecule has 0 amide bonds. The Morgan fingerprint density at radius 1 is 1.43 bits per heavy atom. The molecule has 0 atom stereocenters. The Labute approximate surface area is 86.3 Å². The lowest BCUT2D eigenvalue weighted by Gasteiger charge is -2.25. The fourth-order valence-electron chi connectivity index (χ4n) is 1.78. The van der Waals surface area contributed by atoms with Gasteiger partial charge in [-0.05, 0) is 26.7 Å². The maximum atomic E-state index is 6.09. The molecule has 0 unspecified atom stereocenters. The second kappa shape index (κ2) is 4.13. The van der Waals surface area contributed by atoms with Gasteiger partial charge in [-0.1, -0.05) is 13.8 Å². The minimum absolute atomic E-state index is 0.306. The molecule has 0 radical (unpaired) electrons. The first kappa shape index (κ1) is 11.2. The summed E-state index contributed by atoms with van der Waals surface area (Å²) in [5.41, 5.74) is 6.90. The van der Waals surface area contributed by atoms with Crippen molar-refractivity contribution in [2.45, 2.75) is 52.1 Å². The van der Waals surface area contributed by atoms with Crippen molar-refractivity contribution in [3.05, 3.63) is 18.2 Å². The zero-order valence-corrected chi connectivity index (χ0v) is 9.62. The average Bonchev–Trinajstić information content (AvgIpc) is 2.54. The molecule has 2 N–H and O–H groups in total. The lowest BCUT2D eigenvalue weighted by molar-refractivity contribution is 0.412. The molecule has 1 heterocycles. The molecule has 1 aromatic rings. The van der Waals surface area contributed by atoms with Gasteiger partial charge in [-0.3, -0.25) is 0 Å². The molecule has 0 spiro atoms. The standard InChI is InChI=1S/C11H21N3/c1-5-9(6-2)14-8-13-7-10(14)11(3,4)12/h7-9H,5-6,12H2,1-4H3. The van der Waals surface area contributed by atoms with Crippen LogP contribution in [0.1, 0.15) is 52.3 Å². The smallest absolute Gasteiger partial charge is 0.0951 e. The van der Waals surface area contributed by atoms with Crippen LogP contribution in [0.4, 0.5) is 0 Å². The Morgan fingerprint density at radius 2 is 2.00 bits per heavy atom. The summed E-state index contributed by atoms with van der Waals surface area (Å²) < 4.78 is 2.21. The van der Waals surface area contributed by atoms with Crippen molar-refractivity contribution < 1.29 is 0 Å². The van der Waals surface area contributed by atoms with Crippen molar-refractivity contribution in [1.29, 1.82) is 0 Å². The molecule has 1 aromatic heterocycles. The van der Waals surface area contributed by atoms with Crippen molar-refractivity contribution in [3.63, 3.8) is 0 Å². The van der Waals surface area contributed by atoms with E-state index >= 15 is 0 Å². The predicted octanol–water partition coefficient (Wildman–Crippen LogP) is 2.44. The number of aromatic nitrogens is 2. The Bertz CT molecular complexity index is 279. The average molecular weight is 195 g/mol. The van der Waals surface area contributed by atoms with E-state index in [1.807, 2.05) is 26.4 Å².